The molecule has 0 saturated carbocycles. The molecule has 0 spiro atoms. The van der Waals surface area contributed by atoms with E-state index in [2.05, 4.69) is 41.5 Å². The minimum absolute atomic E-state index is 0.0115. The summed E-state index contributed by atoms with van der Waals surface area (Å²) >= 11 is 1.50. The molecule has 1 heterocycles. The molecule has 1 N–H and O–H groups in total. The second-order valence-corrected chi connectivity index (χ2v) is 7.62. The zero-order chi connectivity index (χ0) is 19.2. The Balaban J connectivity index is 1.61. The predicted octanol–water partition coefficient (Wildman–Crippen LogP) is 5.40. The van der Waals surface area contributed by atoms with Crippen molar-refractivity contribution in [1.82, 2.24) is 4.98 Å². The zero-order valence-electron chi connectivity index (χ0n) is 15.9. The molecule has 0 aliphatic heterocycles. The van der Waals surface area contributed by atoms with Crippen LogP contribution in [0.2, 0.25) is 0 Å². The summed E-state index contributed by atoms with van der Waals surface area (Å²) in [5.41, 5.74) is 4.31. The number of carbonyl (C=O) groups is 1. The summed E-state index contributed by atoms with van der Waals surface area (Å²) in [6.45, 7) is 6.69. The van der Waals surface area contributed by atoms with Gasteiger partial charge in [-0.05, 0) is 57.0 Å². The smallest absolute Gasteiger partial charge is 0.226 e. The van der Waals surface area contributed by atoms with Crippen LogP contribution in [-0.2, 0) is 11.2 Å². The number of aryl methyl sites for hydroxylation is 3. The summed E-state index contributed by atoms with van der Waals surface area (Å²) in [5.74, 6) is 0.835. The van der Waals surface area contributed by atoms with E-state index in [1.165, 1.54) is 22.5 Å². The molecule has 3 rings (SSSR count). The third-order valence-corrected chi connectivity index (χ3v) is 5.13. The average Bonchev–Trinajstić information content (AvgIpc) is 3.02. The molecule has 1 amide bonds. The van der Waals surface area contributed by atoms with Crippen LogP contribution in [0.3, 0.4) is 0 Å². The SMILES string of the molecule is CCOc1ccc(-c2nc(NC(=O)CCc3ccc(C)cc3)sc2C)cc1. The summed E-state index contributed by atoms with van der Waals surface area (Å²) < 4.78 is 5.48. The van der Waals surface area contributed by atoms with Crippen LogP contribution >= 0.6 is 11.3 Å². The van der Waals surface area contributed by atoms with Crippen LogP contribution in [0.1, 0.15) is 29.3 Å². The van der Waals surface area contributed by atoms with Gasteiger partial charge < -0.3 is 10.1 Å². The maximum atomic E-state index is 12.3. The number of thiazole rings is 1. The molecule has 27 heavy (non-hydrogen) atoms. The molecule has 0 radical (unpaired) electrons. The van der Waals surface area contributed by atoms with Crippen LogP contribution in [-0.4, -0.2) is 17.5 Å². The van der Waals surface area contributed by atoms with Crippen molar-refractivity contribution in [2.75, 3.05) is 11.9 Å². The van der Waals surface area contributed by atoms with Gasteiger partial charge in [-0.1, -0.05) is 29.8 Å². The van der Waals surface area contributed by atoms with Crippen molar-refractivity contribution >= 4 is 22.4 Å². The van der Waals surface area contributed by atoms with Gasteiger partial charge in [0.15, 0.2) is 5.13 Å². The van der Waals surface area contributed by atoms with Gasteiger partial charge in [0.05, 0.1) is 12.3 Å². The van der Waals surface area contributed by atoms with Crippen molar-refractivity contribution in [1.29, 1.82) is 0 Å². The Morgan fingerprint density at radius 2 is 1.78 bits per heavy atom. The van der Waals surface area contributed by atoms with E-state index in [0.717, 1.165) is 28.3 Å². The van der Waals surface area contributed by atoms with Crippen LogP contribution in [0.25, 0.3) is 11.3 Å². The van der Waals surface area contributed by atoms with Crippen LogP contribution in [0.4, 0.5) is 5.13 Å². The van der Waals surface area contributed by atoms with Gasteiger partial charge >= 0.3 is 0 Å². The van der Waals surface area contributed by atoms with Gasteiger partial charge in [-0.15, -0.1) is 11.3 Å². The number of nitrogens with one attached hydrogen (secondary N) is 1. The van der Waals surface area contributed by atoms with E-state index >= 15 is 0 Å². The number of anilines is 1. The molecule has 0 aliphatic rings. The highest BCUT2D eigenvalue weighted by Gasteiger charge is 2.12. The third-order valence-electron chi connectivity index (χ3n) is 4.24. The monoisotopic (exact) mass is 380 g/mol. The highest BCUT2D eigenvalue weighted by Crippen LogP contribution is 2.31. The molecule has 0 unspecified atom stereocenters. The first-order valence-electron chi connectivity index (χ1n) is 9.11. The minimum atomic E-state index is -0.0115. The normalized spacial score (nSPS) is 10.6. The van der Waals surface area contributed by atoms with E-state index in [-0.39, 0.29) is 5.91 Å². The lowest BCUT2D eigenvalue weighted by Crippen LogP contribution is -2.12. The topological polar surface area (TPSA) is 51.2 Å². The molecular weight excluding hydrogens is 356 g/mol. The van der Waals surface area contributed by atoms with Gasteiger partial charge in [0.1, 0.15) is 5.75 Å². The molecule has 0 atom stereocenters. The van der Waals surface area contributed by atoms with Crippen molar-refractivity contribution in [2.24, 2.45) is 0 Å². The van der Waals surface area contributed by atoms with Crippen molar-refractivity contribution in [3.63, 3.8) is 0 Å². The Morgan fingerprint density at radius 3 is 2.44 bits per heavy atom. The number of aromatic nitrogens is 1. The van der Waals surface area contributed by atoms with Crippen LogP contribution < -0.4 is 10.1 Å². The van der Waals surface area contributed by atoms with E-state index in [4.69, 9.17) is 4.74 Å². The summed E-state index contributed by atoms with van der Waals surface area (Å²) in [6, 6.07) is 16.2. The minimum Gasteiger partial charge on any atom is -0.494 e. The van der Waals surface area contributed by atoms with E-state index in [0.29, 0.717) is 18.2 Å². The highest BCUT2D eigenvalue weighted by molar-refractivity contribution is 7.16. The van der Waals surface area contributed by atoms with Gasteiger partial charge in [0.2, 0.25) is 5.91 Å². The Kier molecular flexibility index (Phi) is 6.24. The van der Waals surface area contributed by atoms with Crippen molar-refractivity contribution in [3.8, 4) is 17.0 Å². The molecule has 3 aromatic rings. The van der Waals surface area contributed by atoms with E-state index < -0.39 is 0 Å². The molecule has 2 aromatic carbocycles. The van der Waals surface area contributed by atoms with E-state index in [1.54, 1.807) is 0 Å². The van der Waals surface area contributed by atoms with Crippen LogP contribution in [0.5, 0.6) is 5.75 Å². The quantitative estimate of drug-likeness (QED) is 0.597. The van der Waals surface area contributed by atoms with Crippen molar-refractivity contribution < 1.29 is 9.53 Å². The first-order valence-corrected chi connectivity index (χ1v) is 9.93. The van der Waals surface area contributed by atoms with Gasteiger partial charge in [0.25, 0.3) is 0 Å². The van der Waals surface area contributed by atoms with Crippen LogP contribution in [0.15, 0.2) is 48.5 Å². The highest BCUT2D eigenvalue weighted by atomic mass is 32.1. The third kappa shape index (κ3) is 5.17. The summed E-state index contributed by atoms with van der Waals surface area (Å²) in [5, 5.41) is 3.57. The molecule has 0 saturated heterocycles. The predicted molar refractivity (Wildman–Crippen MR) is 112 cm³/mol. The van der Waals surface area contributed by atoms with Crippen LogP contribution in [0, 0.1) is 13.8 Å². The molecular formula is C22H24N2O2S. The number of hydrogen-bond acceptors (Lipinski definition) is 4. The maximum Gasteiger partial charge on any atom is 0.226 e. The zero-order valence-corrected chi connectivity index (χ0v) is 16.7. The first kappa shape index (κ1) is 19.1. The number of hydrogen-bond donors (Lipinski definition) is 1. The fourth-order valence-electron chi connectivity index (χ4n) is 2.79. The van der Waals surface area contributed by atoms with Crippen molar-refractivity contribution in [2.45, 2.75) is 33.6 Å². The fourth-order valence-corrected chi connectivity index (χ4v) is 3.64. The van der Waals surface area contributed by atoms with Gasteiger partial charge in [-0.25, -0.2) is 4.98 Å². The largest absolute Gasteiger partial charge is 0.494 e. The maximum absolute atomic E-state index is 12.3. The Labute approximate surface area is 164 Å². The second kappa shape index (κ2) is 8.82. The fraction of sp³-hybridized carbons (Fsp3) is 0.273. The summed E-state index contributed by atoms with van der Waals surface area (Å²) in [6.07, 6.45) is 1.17. The standard InChI is InChI=1S/C22H24N2O2S/c1-4-26-19-12-10-18(11-13-19)21-16(3)27-22(24-21)23-20(25)14-9-17-7-5-15(2)6-8-17/h5-8,10-13H,4,9,14H2,1-3H3,(H,23,24,25). The molecule has 5 heteroatoms. The lowest BCUT2D eigenvalue weighted by Gasteiger charge is -2.04. The molecule has 140 valence electrons. The van der Waals surface area contributed by atoms with E-state index in [1.807, 2.05) is 38.1 Å². The van der Waals surface area contributed by atoms with Gasteiger partial charge in [-0.3, -0.25) is 4.79 Å². The Morgan fingerprint density at radius 1 is 1.07 bits per heavy atom. The number of rotatable bonds is 7. The first-order chi connectivity index (χ1) is 13.0. The lowest BCUT2D eigenvalue weighted by atomic mass is 10.1. The molecule has 1 aromatic heterocycles. The van der Waals surface area contributed by atoms with Gasteiger partial charge in [0, 0.05) is 16.9 Å². The Bertz CT molecular complexity index is 899. The number of benzene rings is 2. The lowest BCUT2D eigenvalue weighted by molar-refractivity contribution is -0.116. The second-order valence-electron chi connectivity index (χ2n) is 6.41. The number of ether oxygens (including phenoxy) is 1. The Hall–Kier alpha value is -2.66. The number of carbonyl (C=O) groups excluding carboxylic acids is 1. The molecule has 0 bridgehead atoms. The summed E-state index contributed by atoms with van der Waals surface area (Å²) in [4.78, 5) is 18.0. The van der Waals surface area contributed by atoms with E-state index in [9.17, 15) is 4.79 Å². The van der Waals surface area contributed by atoms with Gasteiger partial charge in [-0.2, -0.15) is 0 Å². The summed E-state index contributed by atoms with van der Waals surface area (Å²) in [7, 11) is 0. The molecule has 0 fully saturated rings. The number of amides is 1. The number of nitrogens with zero attached hydrogens (tertiary/aromatic N) is 1. The average molecular weight is 381 g/mol. The molecule has 0 aliphatic carbocycles. The molecule has 4 nitrogen and oxygen atoms in total. The van der Waals surface area contributed by atoms with Crippen molar-refractivity contribution in [3.05, 3.63) is 64.5 Å².